The SMILES string of the molecule is C=C[C@@H](O)[C@@H]1CO[C@@](C)(OC)[C@](C)(OC)O1. The minimum absolute atomic E-state index is 0.219. The molecular weight excluding hydrogens is 212 g/mol. The molecular formula is C11H20O5. The molecule has 1 aliphatic rings. The lowest BCUT2D eigenvalue weighted by Gasteiger charge is -2.49. The summed E-state index contributed by atoms with van der Waals surface area (Å²) in [5, 5.41) is 9.63. The van der Waals surface area contributed by atoms with Gasteiger partial charge in [0.2, 0.25) is 11.6 Å². The van der Waals surface area contributed by atoms with Crippen molar-refractivity contribution in [3.05, 3.63) is 12.7 Å². The Morgan fingerprint density at radius 2 is 1.94 bits per heavy atom. The van der Waals surface area contributed by atoms with E-state index in [1.165, 1.54) is 20.3 Å². The van der Waals surface area contributed by atoms with Gasteiger partial charge in [-0.05, 0) is 13.8 Å². The molecule has 5 nitrogen and oxygen atoms in total. The predicted octanol–water partition coefficient (Wildman–Crippen LogP) is 0.674. The number of hydrogen-bond donors (Lipinski definition) is 1. The van der Waals surface area contributed by atoms with Gasteiger partial charge in [-0.25, -0.2) is 0 Å². The lowest BCUT2D eigenvalue weighted by molar-refractivity contribution is -0.435. The first-order valence-electron chi connectivity index (χ1n) is 5.15. The van der Waals surface area contributed by atoms with Crippen LogP contribution >= 0.6 is 0 Å². The molecule has 0 aromatic carbocycles. The van der Waals surface area contributed by atoms with Crippen molar-refractivity contribution in [2.45, 2.75) is 37.6 Å². The van der Waals surface area contributed by atoms with Crippen LogP contribution in [0.1, 0.15) is 13.8 Å². The Labute approximate surface area is 95.9 Å². The van der Waals surface area contributed by atoms with E-state index in [2.05, 4.69) is 6.58 Å². The van der Waals surface area contributed by atoms with Gasteiger partial charge in [-0.2, -0.15) is 0 Å². The van der Waals surface area contributed by atoms with Crippen LogP contribution in [-0.2, 0) is 18.9 Å². The fourth-order valence-electron chi connectivity index (χ4n) is 1.60. The Bertz CT molecular complexity index is 257. The molecule has 1 N–H and O–H groups in total. The van der Waals surface area contributed by atoms with Crippen molar-refractivity contribution in [3.8, 4) is 0 Å². The number of methoxy groups -OCH3 is 2. The summed E-state index contributed by atoms with van der Waals surface area (Å²) in [6.07, 6.45) is 0.0982. The first-order chi connectivity index (χ1) is 7.42. The van der Waals surface area contributed by atoms with Gasteiger partial charge in [-0.3, -0.25) is 0 Å². The highest BCUT2D eigenvalue weighted by Gasteiger charge is 2.54. The Kier molecular flexibility index (Phi) is 4.09. The third kappa shape index (κ3) is 2.14. The van der Waals surface area contributed by atoms with Crippen LogP contribution in [0.15, 0.2) is 12.7 Å². The normalized spacial score (nSPS) is 41.7. The van der Waals surface area contributed by atoms with Gasteiger partial charge in [-0.15, -0.1) is 6.58 Å². The first-order valence-corrected chi connectivity index (χ1v) is 5.15. The van der Waals surface area contributed by atoms with Gasteiger partial charge in [0.1, 0.15) is 12.2 Å². The van der Waals surface area contributed by atoms with Gasteiger partial charge in [0.05, 0.1) is 6.61 Å². The van der Waals surface area contributed by atoms with E-state index < -0.39 is 23.8 Å². The molecule has 0 aromatic rings. The van der Waals surface area contributed by atoms with E-state index in [1.807, 2.05) is 0 Å². The number of aliphatic hydroxyl groups is 1. The fourth-order valence-corrected chi connectivity index (χ4v) is 1.60. The quantitative estimate of drug-likeness (QED) is 0.722. The maximum atomic E-state index is 9.63. The second kappa shape index (κ2) is 4.81. The maximum absolute atomic E-state index is 9.63. The molecule has 0 aliphatic carbocycles. The van der Waals surface area contributed by atoms with Crippen LogP contribution in [0.4, 0.5) is 0 Å². The predicted molar refractivity (Wildman–Crippen MR) is 57.9 cm³/mol. The molecule has 0 aromatic heterocycles. The average molecular weight is 232 g/mol. The van der Waals surface area contributed by atoms with E-state index in [0.29, 0.717) is 0 Å². The number of hydrogen-bond acceptors (Lipinski definition) is 5. The molecule has 1 aliphatic heterocycles. The third-order valence-electron chi connectivity index (χ3n) is 3.13. The van der Waals surface area contributed by atoms with Gasteiger partial charge in [0.15, 0.2) is 0 Å². The van der Waals surface area contributed by atoms with Crippen LogP contribution in [-0.4, -0.2) is 49.7 Å². The molecule has 1 rings (SSSR count). The van der Waals surface area contributed by atoms with Crippen molar-refractivity contribution >= 4 is 0 Å². The molecule has 1 heterocycles. The van der Waals surface area contributed by atoms with Crippen LogP contribution in [0.25, 0.3) is 0 Å². The molecule has 16 heavy (non-hydrogen) atoms. The third-order valence-corrected chi connectivity index (χ3v) is 3.13. The Balaban J connectivity index is 2.85. The largest absolute Gasteiger partial charge is 0.386 e. The van der Waals surface area contributed by atoms with E-state index >= 15 is 0 Å². The van der Waals surface area contributed by atoms with Gasteiger partial charge in [0, 0.05) is 14.2 Å². The van der Waals surface area contributed by atoms with Crippen molar-refractivity contribution in [1.82, 2.24) is 0 Å². The van der Waals surface area contributed by atoms with E-state index in [-0.39, 0.29) is 6.61 Å². The molecule has 1 saturated heterocycles. The van der Waals surface area contributed by atoms with E-state index in [0.717, 1.165) is 0 Å². The minimum atomic E-state index is -1.07. The van der Waals surface area contributed by atoms with Crippen LogP contribution in [0, 0.1) is 0 Å². The van der Waals surface area contributed by atoms with Crippen molar-refractivity contribution in [3.63, 3.8) is 0 Å². The first kappa shape index (κ1) is 13.6. The van der Waals surface area contributed by atoms with Gasteiger partial charge < -0.3 is 24.1 Å². The molecule has 1 fully saturated rings. The average Bonchev–Trinajstić information content (AvgIpc) is 2.31. The van der Waals surface area contributed by atoms with Gasteiger partial charge >= 0.3 is 0 Å². The summed E-state index contributed by atoms with van der Waals surface area (Å²) < 4.78 is 21.8. The lowest BCUT2D eigenvalue weighted by Crippen LogP contribution is -2.63. The van der Waals surface area contributed by atoms with Crippen molar-refractivity contribution in [2.75, 3.05) is 20.8 Å². The van der Waals surface area contributed by atoms with Crippen molar-refractivity contribution in [2.24, 2.45) is 0 Å². The lowest BCUT2D eigenvalue weighted by atomic mass is 10.1. The Hall–Kier alpha value is -0.460. The zero-order valence-corrected chi connectivity index (χ0v) is 10.2. The summed E-state index contributed by atoms with van der Waals surface area (Å²) in [7, 11) is 3.02. The van der Waals surface area contributed by atoms with Crippen LogP contribution < -0.4 is 0 Å². The highest BCUT2D eigenvalue weighted by Crippen LogP contribution is 2.37. The Morgan fingerprint density at radius 3 is 2.38 bits per heavy atom. The van der Waals surface area contributed by atoms with Gasteiger partial charge in [-0.1, -0.05) is 6.08 Å². The standard InChI is InChI=1S/C11H20O5/c1-6-8(12)9-7-15-10(2,13-4)11(3,14-5)16-9/h6,8-9,12H,1,7H2,2-5H3/t8-,9+,10-,11-/m1/s1. The molecule has 0 saturated carbocycles. The van der Waals surface area contributed by atoms with Crippen LogP contribution in [0.2, 0.25) is 0 Å². The molecule has 4 atom stereocenters. The van der Waals surface area contributed by atoms with E-state index in [9.17, 15) is 5.11 Å². The zero-order chi connectivity index (χ0) is 12.4. The molecule has 0 bridgehead atoms. The van der Waals surface area contributed by atoms with Crippen LogP contribution in [0.3, 0.4) is 0 Å². The maximum Gasteiger partial charge on any atom is 0.220 e. The van der Waals surface area contributed by atoms with E-state index in [4.69, 9.17) is 18.9 Å². The minimum Gasteiger partial charge on any atom is -0.386 e. The molecule has 0 amide bonds. The molecule has 5 heteroatoms. The van der Waals surface area contributed by atoms with E-state index in [1.54, 1.807) is 13.8 Å². The smallest absolute Gasteiger partial charge is 0.220 e. The molecule has 0 spiro atoms. The fraction of sp³-hybridized carbons (Fsp3) is 0.818. The highest BCUT2D eigenvalue weighted by molar-refractivity contribution is 4.93. The number of ether oxygens (including phenoxy) is 4. The van der Waals surface area contributed by atoms with Crippen LogP contribution in [0.5, 0.6) is 0 Å². The molecule has 94 valence electrons. The van der Waals surface area contributed by atoms with Crippen molar-refractivity contribution < 1.29 is 24.1 Å². The second-order valence-corrected chi connectivity index (χ2v) is 3.99. The monoisotopic (exact) mass is 232 g/mol. The summed E-state index contributed by atoms with van der Waals surface area (Å²) in [6.45, 7) is 7.16. The summed E-state index contributed by atoms with van der Waals surface area (Å²) in [4.78, 5) is 0. The van der Waals surface area contributed by atoms with Crippen molar-refractivity contribution in [1.29, 1.82) is 0 Å². The molecule has 0 radical (unpaired) electrons. The highest BCUT2D eigenvalue weighted by atomic mass is 16.8. The van der Waals surface area contributed by atoms with Gasteiger partial charge in [0.25, 0.3) is 0 Å². The second-order valence-electron chi connectivity index (χ2n) is 3.99. The summed E-state index contributed by atoms with van der Waals surface area (Å²) in [5.41, 5.74) is 0. The molecule has 0 unspecified atom stereocenters. The Morgan fingerprint density at radius 1 is 1.38 bits per heavy atom. The zero-order valence-electron chi connectivity index (χ0n) is 10.2. The summed E-state index contributed by atoms with van der Waals surface area (Å²) in [6, 6.07) is 0. The summed E-state index contributed by atoms with van der Waals surface area (Å²) >= 11 is 0. The number of aliphatic hydroxyl groups excluding tert-OH is 1. The number of rotatable bonds is 4. The topological polar surface area (TPSA) is 57.2 Å². The summed E-state index contributed by atoms with van der Waals surface area (Å²) in [5.74, 6) is -2.08.